The Balaban J connectivity index is 1.82. The lowest BCUT2D eigenvalue weighted by atomic mass is 9.99. The minimum Gasteiger partial charge on any atom is -0.488 e. The van der Waals surface area contributed by atoms with Gasteiger partial charge in [0.1, 0.15) is 23.7 Å². The maximum atomic E-state index is 10.8. The summed E-state index contributed by atoms with van der Waals surface area (Å²) in [5.74, 6) is 0.983. The first-order valence-corrected chi connectivity index (χ1v) is 9.82. The summed E-state index contributed by atoms with van der Waals surface area (Å²) in [5, 5.41) is 9.96. The molecule has 0 saturated heterocycles. The van der Waals surface area contributed by atoms with Gasteiger partial charge >= 0.3 is 5.97 Å². The predicted octanol–water partition coefficient (Wildman–Crippen LogP) is 5.97. The predicted molar refractivity (Wildman–Crippen MR) is 109 cm³/mol. The van der Waals surface area contributed by atoms with Gasteiger partial charge in [-0.15, -0.1) is 0 Å². The fourth-order valence-electron chi connectivity index (χ4n) is 3.20. The number of fused-ring (bicyclic) bond motifs is 1. The average molecular weight is 431 g/mol. The second kappa shape index (κ2) is 8.17. The van der Waals surface area contributed by atoms with Crippen molar-refractivity contribution in [2.75, 3.05) is 0 Å². The van der Waals surface area contributed by atoms with Crippen molar-refractivity contribution in [3.8, 4) is 5.75 Å². The molecule has 0 bridgehead atoms. The van der Waals surface area contributed by atoms with Crippen molar-refractivity contribution in [3.63, 3.8) is 0 Å². The molecular formula is C22H23BrO4. The first-order valence-electron chi connectivity index (χ1n) is 9.03. The van der Waals surface area contributed by atoms with E-state index in [1.54, 1.807) is 0 Å². The van der Waals surface area contributed by atoms with Gasteiger partial charge in [-0.3, -0.25) is 4.79 Å². The van der Waals surface area contributed by atoms with Gasteiger partial charge in [0, 0.05) is 28.3 Å². The van der Waals surface area contributed by atoms with Crippen LogP contribution in [0.3, 0.4) is 0 Å². The summed E-state index contributed by atoms with van der Waals surface area (Å²) >= 11 is 3.56. The number of carbonyl (C=O) groups is 1. The standard InChI is InChI=1S/C22H23BrO4/c1-4-19-11-16-9-18(23)10-17(22(16)27-19)12-26-20-7-5-15(6-8-21(24)25)13(2)14(20)3/h5,7,9-11H,4,6,8,12H2,1-3H3,(H,24,25). The van der Waals surface area contributed by atoms with Crippen molar-refractivity contribution in [3.05, 3.63) is 62.8 Å². The number of aliphatic carboxylic acids is 1. The second-order valence-corrected chi connectivity index (χ2v) is 7.62. The zero-order valence-corrected chi connectivity index (χ0v) is 17.4. The van der Waals surface area contributed by atoms with Gasteiger partial charge in [0.25, 0.3) is 0 Å². The number of halogens is 1. The molecule has 0 saturated carbocycles. The van der Waals surface area contributed by atoms with Gasteiger partial charge in [-0.1, -0.05) is 28.9 Å². The van der Waals surface area contributed by atoms with Crippen LogP contribution in [-0.4, -0.2) is 11.1 Å². The van der Waals surface area contributed by atoms with E-state index in [9.17, 15) is 4.79 Å². The number of carboxylic acids is 1. The third-order valence-corrected chi connectivity index (χ3v) is 5.36. The topological polar surface area (TPSA) is 59.7 Å². The molecule has 142 valence electrons. The van der Waals surface area contributed by atoms with Crippen LogP contribution in [-0.2, 0) is 24.2 Å². The number of carboxylic acid groups (broad SMARTS) is 1. The molecule has 0 atom stereocenters. The highest BCUT2D eigenvalue weighted by atomic mass is 79.9. The fraction of sp³-hybridized carbons (Fsp3) is 0.318. The second-order valence-electron chi connectivity index (χ2n) is 6.70. The highest BCUT2D eigenvalue weighted by Crippen LogP contribution is 2.30. The molecule has 0 radical (unpaired) electrons. The highest BCUT2D eigenvalue weighted by Gasteiger charge is 2.13. The molecule has 1 aromatic heterocycles. The van der Waals surface area contributed by atoms with Crippen LogP contribution in [0.15, 0.2) is 39.2 Å². The summed E-state index contributed by atoms with van der Waals surface area (Å²) in [4.78, 5) is 10.8. The lowest BCUT2D eigenvalue weighted by Gasteiger charge is -2.14. The summed E-state index contributed by atoms with van der Waals surface area (Å²) in [5.41, 5.74) is 5.02. The van der Waals surface area contributed by atoms with E-state index in [-0.39, 0.29) is 6.42 Å². The number of ether oxygens (including phenoxy) is 1. The monoisotopic (exact) mass is 430 g/mol. The third kappa shape index (κ3) is 4.35. The van der Waals surface area contributed by atoms with Crippen molar-refractivity contribution in [2.24, 2.45) is 0 Å². The molecule has 0 unspecified atom stereocenters. The number of aryl methyl sites for hydroxylation is 2. The Morgan fingerprint density at radius 1 is 1.15 bits per heavy atom. The van der Waals surface area contributed by atoms with Gasteiger partial charge in [0.2, 0.25) is 0 Å². The molecule has 1 N–H and O–H groups in total. The van der Waals surface area contributed by atoms with Gasteiger partial charge < -0.3 is 14.3 Å². The molecule has 1 heterocycles. The van der Waals surface area contributed by atoms with Crippen LogP contribution in [0, 0.1) is 13.8 Å². The highest BCUT2D eigenvalue weighted by molar-refractivity contribution is 9.10. The van der Waals surface area contributed by atoms with Crippen LogP contribution in [0.1, 0.15) is 41.4 Å². The first kappa shape index (κ1) is 19.5. The van der Waals surface area contributed by atoms with E-state index in [2.05, 4.69) is 28.9 Å². The number of furan rings is 1. The molecular weight excluding hydrogens is 408 g/mol. The van der Waals surface area contributed by atoms with Gasteiger partial charge in [0.15, 0.2) is 0 Å². The van der Waals surface area contributed by atoms with E-state index in [0.717, 1.165) is 55.6 Å². The van der Waals surface area contributed by atoms with Crippen LogP contribution in [0.5, 0.6) is 5.75 Å². The van der Waals surface area contributed by atoms with Crippen LogP contribution in [0.25, 0.3) is 11.0 Å². The Labute approximate surface area is 167 Å². The zero-order chi connectivity index (χ0) is 19.6. The largest absolute Gasteiger partial charge is 0.488 e. The Bertz CT molecular complexity index is 988. The Kier molecular flexibility index (Phi) is 5.90. The Morgan fingerprint density at radius 3 is 2.63 bits per heavy atom. The fourth-order valence-corrected chi connectivity index (χ4v) is 3.72. The van der Waals surface area contributed by atoms with Gasteiger partial charge in [-0.25, -0.2) is 0 Å². The minimum absolute atomic E-state index is 0.134. The third-order valence-electron chi connectivity index (χ3n) is 4.90. The molecule has 5 heteroatoms. The van der Waals surface area contributed by atoms with Crippen LogP contribution in [0.2, 0.25) is 0 Å². The van der Waals surface area contributed by atoms with Crippen molar-refractivity contribution in [1.29, 1.82) is 0 Å². The van der Waals surface area contributed by atoms with E-state index in [1.807, 2.05) is 38.1 Å². The van der Waals surface area contributed by atoms with Gasteiger partial charge in [0.05, 0.1) is 0 Å². The van der Waals surface area contributed by atoms with Crippen molar-refractivity contribution in [2.45, 2.75) is 46.6 Å². The molecule has 0 fully saturated rings. The molecule has 2 aromatic carbocycles. The summed E-state index contributed by atoms with van der Waals surface area (Å²) in [6.07, 6.45) is 1.51. The summed E-state index contributed by atoms with van der Waals surface area (Å²) in [6.45, 7) is 6.49. The number of rotatable bonds is 7. The first-order chi connectivity index (χ1) is 12.9. The minimum atomic E-state index is -0.782. The molecule has 0 aliphatic carbocycles. The van der Waals surface area contributed by atoms with E-state index in [4.69, 9.17) is 14.3 Å². The molecule has 27 heavy (non-hydrogen) atoms. The number of benzene rings is 2. The van der Waals surface area contributed by atoms with Crippen molar-refractivity contribution < 1.29 is 19.1 Å². The maximum absolute atomic E-state index is 10.8. The summed E-state index contributed by atoms with van der Waals surface area (Å²) < 4.78 is 13.1. The molecule has 0 amide bonds. The number of hydrogen-bond acceptors (Lipinski definition) is 3. The maximum Gasteiger partial charge on any atom is 0.303 e. The Morgan fingerprint density at radius 2 is 1.93 bits per heavy atom. The molecule has 3 rings (SSSR count). The molecule has 4 nitrogen and oxygen atoms in total. The number of hydrogen-bond donors (Lipinski definition) is 1. The summed E-state index contributed by atoms with van der Waals surface area (Å²) in [6, 6.07) is 10.0. The molecule has 3 aromatic rings. The van der Waals surface area contributed by atoms with E-state index in [1.165, 1.54) is 0 Å². The van der Waals surface area contributed by atoms with Crippen molar-refractivity contribution in [1.82, 2.24) is 0 Å². The summed E-state index contributed by atoms with van der Waals surface area (Å²) in [7, 11) is 0. The lowest BCUT2D eigenvalue weighted by molar-refractivity contribution is -0.136. The van der Waals surface area contributed by atoms with Crippen molar-refractivity contribution >= 4 is 32.9 Å². The van der Waals surface area contributed by atoms with Crippen LogP contribution in [0.4, 0.5) is 0 Å². The van der Waals surface area contributed by atoms with E-state index in [0.29, 0.717) is 13.0 Å². The van der Waals surface area contributed by atoms with E-state index < -0.39 is 5.97 Å². The SMILES string of the molecule is CCc1cc2cc(Br)cc(COc3ccc(CCC(=O)O)c(C)c3C)c2o1. The lowest BCUT2D eigenvalue weighted by Crippen LogP contribution is -2.03. The van der Waals surface area contributed by atoms with Crippen LogP contribution >= 0.6 is 15.9 Å². The normalized spacial score (nSPS) is 11.1. The smallest absolute Gasteiger partial charge is 0.303 e. The molecule has 0 aliphatic heterocycles. The van der Waals surface area contributed by atoms with Crippen LogP contribution < -0.4 is 4.74 Å². The van der Waals surface area contributed by atoms with E-state index >= 15 is 0 Å². The van der Waals surface area contributed by atoms with Gasteiger partial charge in [-0.05, 0) is 61.2 Å². The Hall–Kier alpha value is -2.27. The molecule has 0 spiro atoms. The van der Waals surface area contributed by atoms with Gasteiger partial charge in [-0.2, -0.15) is 0 Å². The average Bonchev–Trinajstić information content (AvgIpc) is 3.04. The molecule has 0 aliphatic rings. The quantitative estimate of drug-likeness (QED) is 0.501. The zero-order valence-electron chi connectivity index (χ0n) is 15.8.